The van der Waals surface area contributed by atoms with E-state index in [0.29, 0.717) is 25.3 Å². The van der Waals surface area contributed by atoms with E-state index in [1.165, 1.54) is 0 Å². The molecule has 0 aromatic rings. The summed E-state index contributed by atoms with van der Waals surface area (Å²) in [6.07, 6.45) is 5.14. The number of carboxylic acid groups (broad SMARTS) is 1. The molecule has 0 aliphatic rings. The molecule has 0 saturated heterocycles. The summed E-state index contributed by atoms with van der Waals surface area (Å²) in [5.74, 6) is -0.583. The van der Waals surface area contributed by atoms with E-state index in [0.717, 1.165) is 25.7 Å². The van der Waals surface area contributed by atoms with Crippen LogP contribution in [0.3, 0.4) is 0 Å². The summed E-state index contributed by atoms with van der Waals surface area (Å²) in [7, 11) is 0. The lowest BCUT2D eigenvalue weighted by Crippen LogP contribution is -2.15. The fourth-order valence-electron chi connectivity index (χ4n) is 1.54. The fourth-order valence-corrected chi connectivity index (χ4v) is 1.73. The van der Waals surface area contributed by atoms with Gasteiger partial charge in [-0.15, -0.1) is 11.6 Å². The van der Waals surface area contributed by atoms with Gasteiger partial charge in [-0.25, -0.2) is 0 Å². The van der Waals surface area contributed by atoms with Crippen LogP contribution in [0.1, 0.15) is 51.9 Å². The number of carboxylic acids is 1. The molecule has 1 atom stereocenters. The van der Waals surface area contributed by atoms with E-state index >= 15 is 0 Å². The molecule has 0 aromatic heterocycles. The summed E-state index contributed by atoms with van der Waals surface area (Å²) < 4.78 is 5.12. The highest BCUT2D eigenvalue weighted by Crippen LogP contribution is 2.10. The fraction of sp³-hybridized carbons (Fsp3) is 0.846. The highest BCUT2D eigenvalue weighted by molar-refractivity contribution is 6.17. The summed E-state index contributed by atoms with van der Waals surface area (Å²) in [5.41, 5.74) is 0. The van der Waals surface area contributed by atoms with Crippen molar-refractivity contribution in [3.05, 3.63) is 0 Å². The Labute approximate surface area is 114 Å². The van der Waals surface area contributed by atoms with Gasteiger partial charge in [0, 0.05) is 12.3 Å². The summed E-state index contributed by atoms with van der Waals surface area (Å²) in [6, 6.07) is 0. The molecule has 0 aliphatic heterocycles. The van der Waals surface area contributed by atoms with Crippen LogP contribution in [-0.4, -0.2) is 29.5 Å². The van der Waals surface area contributed by atoms with E-state index in [4.69, 9.17) is 21.4 Å². The van der Waals surface area contributed by atoms with Crippen LogP contribution in [0.4, 0.5) is 0 Å². The Morgan fingerprint density at radius 1 is 1.17 bits per heavy atom. The van der Waals surface area contributed by atoms with Crippen LogP contribution in [0.25, 0.3) is 0 Å². The van der Waals surface area contributed by atoms with Gasteiger partial charge < -0.3 is 9.84 Å². The first-order valence-corrected chi connectivity index (χ1v) is 7.05. The average Bonchev–Trinajstić information content (AvgIpc) is 2.32. The Balaban J connectivity index is 3.47. The molecule has 0 aromatic carbocycles. The molecule has 5 heteroatoms. The smallest absolute Gasteiger partial charge is 0.308 e. The second-order valence-corrected chi connectivity index (χ2v) is 4.84. The van der Waals surface area contributed by atoms with Crippen LogP contribution in [0.5, 0.6) is 0 Å². The molecule has 1 N–H and O–H groups in total. The first-order valence-electron chi connectivity index (χ1n) is 6.52. The topological polar surface area (TPSA) is 63.6 Å². The summed E-state index contributed by atoms with van der Waals surface area (Å²) in [5, 5.41) is 8.48. The van der Waals surface area contributed by atoms with Crippen LogP contribution in [0.15, 0.2) is 0 Å². The summed E-state index contributed by atoms with van der Waals surface area (Å²) in [4.78, 5) is 21.8. The minimum atomic E-state index is -0.824. The van der Waals surface area contributed by atoms with Crippen molar-refractivity contribution in [3.8, 4) is 0 Å². The van der Waals surface area contributed by atoms with Gasteiger partial charge in [0.1, 0.15) is 0 Å². The van der Waals surface area contributed by atoms with Crippen molar-refractivity contribution in [1.29, 1.82) is 0 Å². The van der Waals surface area contributed by atoms with Crippen molar-refractivity contribution in [3.63, 3.8) is 0 Å². The van der Waals surface area contributed by atoms with Gasteiger partial charge in [0.15, 0.2) is 0 Å². The van der Waals surface area contributed by atoms with Crippen molar-refractivity contribution < 1.29 is 19.4 Å². The molecule has 4 nitrogen and oxygen atoms in total. The van der Waals surface area contributed by atoms with Crippen LogP contribution in [0, 0.1) is 5.92 Å². The standard InChI is InChI=1S/C13H23ClO4/c1-11(7-6-8-12(15)16)13(17)18-10-5-3-2-4-9-14/h11H,2-10H2,1H3,(H,15,16). The molecule has 0 saturated carbocycles. The molecule has 106 valence electrons. The van der Waals surface area contributed by atoms with Gasteiger partial charge in [-0.1, -0.05) is 19.8 Å². The van der Waals surface area contributed by atoms with E-state index in [1.807, 2.05) is 0 Å². The second kappa shape index (κ2) is 11.3. The quantitative estimate of drug-likeness (QED) is 0.358. The maximum absolute atomic E-state index is 11.5. The first-order chi connectivity index (χ1) is 8.57. The van der Waals surface area contributed by atoms with Crippen molar-refractivity contribution >= 4 is 23.5 Å². The van der Waals surface area contributed by atoms with Crippen LogP contribution < -0.4 is 0 Å². The first kappa shape index (κ1) is 17.2. The van der Waals surface area contributed by atoms with Gasteiger partial charge in [-0.2, -0.15) is 0 Å². The minimum Gasteiger partial charge on any atom is -0.481 e. The van der Waals surface area contributed by atoms with E-state index in [2.05, 4.69) is 0 Å². The molecule has 1 unspecified atom stereocenters. The summed E-state index contributed by atoms with van der Waals surface area (Å²) in [6.45, 7) is 2.22. The van der Waals surface area contributed by atoms with Gasteiger partial charge in [0.2, 0.25) is 0 Å². The Bertz CT molecular complexity index is 243. The third-order valence-electron chi connectivity index (χ3n) is 2.70. The van der Waals surface area contributed by atoms with Crippen molar-refractivity contribution in [2.45, 2.75) is 51.9 Å². The third-order valence-corrected chi connectivity index (χ3v) is 2.97. The molecule has 0 bridgehead atoms. The zero-order valence-electron chi connectivity index (χ0n) is 11.0. The zero-order valence-corrected chi connectivity index (χ0v) is 11.7. The number of unbranched alkanes of at least 4 members (excludes halogenated alkanes) is 3. The van der Waals surface area contributed by atoms with E-state index in [-0.39, 0.29) is 18.3 Å². The van der Waals surface area contributed by atoms with Crippen molar-refractivity contribution in [1.82, 2.24) is 0 Å². The van der Waals surface area contributed by atoms with Crippen LogP contribution >= 0.6 is 11.6 Å². The summed E-state index contributed by atoms with van der Waals surface area (Å²) >= 11 is 5.55. The van der Waals surface area contributed by atoms with Crippen molar-refractivity contribution in [2.24, 2.45) is 5.92 Å². The van der Waals surface area contributed by atoms with E-state index in [1.54, 1.807) is 6.92 Å². The molecule has 0 heterocycles. The lowest BCUT2D eigenvalue weighted by atomic mass is 10.0. The van der Waals surface area contributed by atoms with Crippen LogP contribution in [-0.2, 0) is 14.3 Å². The minimum absolute atomic E-state index is 0.107. The number of halogens is 1. The monoisotopic (exact) mass is 278 g/mol. The molecule has 0 spiro atoms. The molecule has 0 fully saturated rings. The molecule has 0 rings (SSSR count). The highest BCUT2D eigenvalue weighted by atomic mass is 35.5. The normalized spacial score (nSPS) is 12.1. The number of carbonyl (C=O) groups excluding carboxylic acids is 1. The predicted molar refractivity (Wildman–Crippen MR) is 70.8 cm³/mol. The average molecular weight is 279 g/mol. The largest absolute Gasteiger partial charge is 0.481 e. The maximum Gasteiger partial charge on any atom is 0.308 e. The SMILES string of the molecule is CC(CCCC(=O)O)C(=O)OCCCCCCCl. The van der Waals surface area contributed by atoms with Gasteiger partial charge in [0.25, 0.3) is 0 Å². The molecule has 18 heavy (non-hydrogen) atoms. The van der Waals surface area contributed by atoms with Crippen molar-refractivity contribution in [2.75, 3.05) is 12.5 Å². The Kier molecular flexibility index (Phi) is 10.8. The van der Waals surface area contributed by atoms with E-state index < -0.39 is 5.97 Å². The van der Waals surface area contributed by atoms with Gasteiger partial charge in [-0.3, -0.25) is 9.59 Å². The molecule has 0 radical (unpaired) electrons. The number of alkyl halides is 1. The third kappa shape index (κ3) is 10.4. The molecular formula is C13H23ClO4. The number of rotatable bonds is 11. The van der Waals surface area contributed by atoms with Crippen LogP contribution in [0.2, 0.25) is 0 Å². The molecular weight excluding hydrogens is 256 g/mol. The van der Waals surface area contributed by atoms with E-state index in [9.17, 15) is 9.59 Å². The number of esters is 1. The Morgan fingerprint density at radius 2 is 1.83 bits per heavy atom. The lowest BCUT2D eigenvalue weighted by molar-refractivity contribution is -0.148. The lowest BCUT2D eigenvalue weighted by Gasteiger charge is -2.10. The predicted octanol–water partition coefficient (Wildman–Crippen LogP) is 3.22. The zero-order chi connectivity index (χ0) is 13.8. The number of aliphatic carboxylic acids is 1. The Morgan fingerprint density at radius 3 is 2.44 bits per heavy atom. The van der Waals surface area contributed by atoms with Gasteiger partial charge in [-0.05, 0) is 25.7 Å². The maximum atomic E-state index is 11.5. The number of carbonyl (C=O) groups is 2. The van der Waals surface area contributed by atoms with Gasteiger partial charge in [0.05, 0.1) is 12.5 Å². The second-order valence-electron chi connectivity index (χ2n) is 4.46. The number of hydrogen-bond acceptors (Lipinski definition) is 3. The van der Waals surface area contributed by atoms with Gasteiger partial charge >= 0.3 is 11.9 Å². The Hall–Kier alpha value is -0.770. The highest BCUT2D eigenvalue weighted by Gasteiger charge is 2.14. The molecule has 0 amide bonds. The molecule has 0 aliphatic carbocycles. The number of hydrogen-bond donors (Lipinski definition) is 1. The number of ether oxygens (including phenoxy) is 1.